The lowest BCUT2D eigenvalue weighted by molar-refractivity contribution is -0.376. The second-order valence-corrected chi connectivity index (χ2v) is 12.0. The van der Waals surface area contributed by atoms with Crippen LogP contribution in [0.25, 0.3) is 11.1 Å². The number of likely N-dealkylation sites (tertiary alicyclic amines) is 1. The van der Waals surface area contributed by atoms with Crippen molar-refractivity contribution in [3.8, 4) is 11.1 Å². The third-order valence-corrected chi connectivity index (χ3v) is 8.88. The Labute approximate surface area is 224 Å². The molecule has 2 aliphatic rings. The molecule has 0 radical (unpaired) electrons. The highest BCUT2D eigenvalue weighted by molar-refractivity contribution is 7.88. The van der Waals surface area contributed by atoms with Gasteiger partial charge in [-0.2, -0.15) is 30.6 Å². The molecule has 0 spiro atoms. The van der Waals surface area contributed by atoms with Crippen LogP contribution in [0, 0.1) is 17.5 Å². The maximum absolute atomic E-state index is 15.6. The summed E-state index contributed by atoms with van der Waals surface area (Å²) in [5, 5.41) is 9.55. The minimum absolute atomic E-state index is 0.127. The van der Waals surface area contributed by atoms with Crippen LogP contribution in [0.1, 0.15) is 36.5 Å². The zero-order valence-corrected chi connectivity index (χ0v) is 22.0. The van der Waals surface area contributed by atoms with Crippen LogP contribution >= 0.6 is 0 Å². The predicted molar refractivity (Wildman–Crippen MR) is 126 cm³/mol. The van der Waals surface area contributed by atoms with Gasteiger partial charge in [0, 0.05) is 48.4 Å². The number of fused-ring (bicyclic) bond motifs is 2. The maximum atomic E-state index is 15.6. The lowest BCUT2D eigenvalue weighted by Gasteiger charge is -2.39. The molecule has 4 rings (SSSR count). The molecule has 2 atom stereocenters. The second-order valence-electron chi connectivity index (χ2n) is 10.1. The molecule has 222 valence electrons. The van der Waals surface area contributed by atoms with Gasteiger partial charge in [-0.05, 0) is 42.5 Å². The first-order chi connectivity index (χ1) is 18.3. The van der Waals surface area contributed by atoms with Gasteiger partial charge in [0.25, 0.3) is 5.60 Å². The summed E-state index contributed by atoms with van der Waals surface area (Å²) in [5.41, 5.74) is -8.87. The monoisotopic (exact) mass is 604 g/mol. The van der Waals surface area contributed by atoms with Crippen LogP contribution in [0.2, 0.25) is 0 Å². The number of rotatable bonds is 6. The maximum Gasteiger partial charge on any atom is 0.430 e. The third-order valence-electron chi connectivity index (χ3n) is 7.52. The van der Waals surface area contributed by atoms with Crippen molar-refractivity contribution in [3.63, 3.8) is 0 Å². The van der Waals surface area contributed by atoms with E-state index in [2.05, 4.69) is 0 Å². The molecular weight excluding hydrogens is 579 g/mol. The van der Waals surface area contributed by atoms with Crippen molar-refractivity contribution >= 4 is 10.0 Å². The molecule has 2 fully saturated rings. The van der Waals surface area contributed by atoms with E-state index in [0.29, 0.717) is 18.9 Å². The van der Waals surface area contributed by atoms with Crippen LogP contribution in [-0.4, -0.2) is 66.5 Å². The van der Waals surface area contributed by atoms with Crippen molar-refractivity contribution in [1.82, 2.24) is 9.21 Å². The molecule has 2 aromatic carbocycles. The summed E-state index contributed by atoms with van der Waals surface area (Å²) in [6.45, 7) is 1.67. The first kappa shape index (κ1) is 30.6. The fourth-order valence-corrected chi connectivity index (χ4v) is 7.16. The van der Waals surface area contributed by atoms with E-state index in [0.717, 1.165) is 12.3 Å². The Hall–Kier alpha value is -2.36. The standard InChI is InChI=1S/C25H25F9N2O3S/c1-3-16-18(17-7-4-13(8-20(17)26)23(37,24(29,30)31)25(32,33)34)9-21(27)19(22(16)28)12-35-10-14-5-6-15(11-35)36(14)40(2,38)39/h4,7-9,14-15,37H,3,5-6,10-12H2,1-2H3. The Balaban J connectivity index is 1.69. The van der Waals surface area contributed by atoms with Crippen LogP contribution in [0.3, 0.4) is 0 Å². The molecule has 0 aromatic heterocycles. The van der Waals surface area contributed by atoms with Gasteiger partial charge in [0.15, 0.2) is 0 Å². The number of halogens is 9. The summed E-state index contributed by atoms with van der Waals surface area (Å²) in [6.07, 6.45) is -10.3. The Morgan fingerprint density at radius 2 is 1.43 bits per heavy atom. The van der Waals surface area contributed by atoms with Crippen LogP contribution in [0.5, 0.6) is 0 Å². The number of benzene rings is 2. The summed E-state index contributed by atoms with van der Waals surface area (Å²) >= 11 is 0. The molecule has 0 aliphatic carbocycles. The van der Waals surface area contributed by atoms with Gasteiger partial charge >= 0.3 is 12.4 Å². The fraction of sp³-hybridized carbons (Fsp3) is 0.520. The zero-order chi connectivity index (χ0) is 30.0. The normalized spacial score (nSPS) is 21.3. The number of alkyl halides is 6. The number of aliphatic hydroxyl groups is 1. The highest BCUT2D eigenvalue weighted by Crippen LogP contribution is 2.50. The fourth-order valence-electron chi connectivity index (χ4n) is 5.73. The van der Waals surface area contributed by atoms with E-state index in [1.807, 2.05) is 0 Å². The van der Waals surface area contributed by atoms with Gasteiger partial charge in [0.05, 0.1) is 6.26 Å². The van der Waals surface area contributed by atoms with Crippen LogP contribution < -0.4 is 0 Å². The molecule has 40 heavy (non-hydrogen) atoms. The lowest BCUT2D eigenvalue weighted by Crippen LogP contribution is -2.55. The zero-order valence-electron chi connectivity index (χ0n) is 21.2. The molecule has 5 nitrogen and oxygen atoms in total. The minimum atomic E-state index is -6.24. The van der Waals surface area contributed by atoms with Crippen molar-refractivity contribution in [1.29, 1.82) is 0 Å². The third kappa shape index (κ3) is 5.09. The molecule has 15 heteroatoms. The topological polar surface area (TPSA) is 60.9 Å². The highest BCUT2D eigenvalue weighted by Gasteiger charge is 2.71. The van der Waals surface area contributed by atoms with E-state index in [1.165, 1.54) is 11.2 Å². The molecule has 2 saturated heterocycles. The number of sulfonamides is 1. The number of hydrogen-bond donors (Lipinski definition) is 1. The summed E-state index contributed by atoms with van der Waals surface area (Å²) in [6, 6.07) is 0.600. The largest absolute Gasteiger partial charge is 0.430 e. The van der Waals surface area contributed by atoms with E-state index in [9.17, 15) is 44.3 Å². The van der Waals surface area contributed by atoms with Gasteiger partial charge in [-0.1, -0.05) is 19.1 Å². The molecule has 2 aliphatic heterocycles. The number of nitrogens with zero attached hydrogens (tertiary/aromatic N) is 2. The van der Waals surface area contributed by atoms with E-state index < -0.39 is 62.1 Å². The van der Waals surface area contributed by atoms with Gasteiger partial charge in [-0.3, -0.25) is 4.90 Å². The van der Waals surface area contributed by atoms with Crippen molar-refractivity contribution in [2.45, 2.75) is 62.8 Å². The van der Waals surface area contributed by atoms with Crippen molar-refractivity contribution < 1.29 is 53.0 Å². The van der Waals surface area contributed by atoms with Crippen molar-refractivity contribution in [2.24, 2.45) is 0 Å². The summed E-state index contributed by atoms with van der Waals surface area (Å²) in [4.78, 5) is 1.70. The van der Waals surface area contributed by atoms with Gasteiger partial charge < -0.3 is 5.11 Å². The summed E-state index contributed by atoms with van der Waals surface area (Å²) in [5.74, 6) is -3.83. The van der Waals surface area contributed by atoms with Gasteiger partial charge in [0.2, 0.25) is 10.0 Å². The second kappa shape index (κ2) is 10.2. The van der Waals surface area contributed by atoms with Gasteiger partial charge in [-0.15, -0.1) is 0 Å². The molecule has 2 aromatic rings. The first-order valence-electron chi connectivity index (χ1n) is 12.2. The van der Waals surface area contributed by atoms with Crippen LogP contribution in [0.4, 0.5) is 39.5 Å². The quantitative estimate of drug-likeness (QED) is 0.458. The number of hydrogen-bond acceptors (Lipinski definition) is 4. The molecule has 1 N–H and O–H groups in total. The summed E-state index contributed by atoms with van der Waals surface area (Å²) in [7, 11) is -3.47. The van der Waals surface area contributed by atoms with Gasteiger partial charge in [0.1, 0.15) is 17.5 Å². The molecule has 2 unspecified atom stereocenters. The number of piperazine rings is 1. The van der Waals surface area contributed by atoms with E-state index in [4.69, 9.17) is 0 Å². The molecular formula is C25H25F9N2O3S. The molecule has 0 saturated carbocycles. The molecule has 0 amide bonds. The Morgan fingerprint density at radius 3 is 1.88 bits per heavy atom. The molecule has 2 bridgehead atoms. The minimum Gasteiger partial charge on any atom is -0.369 e. The predicted octanol–water partition coefficient (Wildman–Crippen LogP) is 5.25. The van der Waals surface area contributed by atoms with Crippen LogP contribution in [0.15, 0.2) is 24.3 Å². The molecule has 2 heterocycles. The smallest absolute Gasteiger partial charge is 0.369 e. The average molecular weight is 605 g/mol. The average Bonchev–Trinajstić information content (AvgIpc) is 3.11. The van der Waals surface area contributed by atoms with E-state index in [-0.39, 0.29) is 61.4 Å². The lowest BCUT2D eigenvalue weighted by atomic mass is 9.88. The summed E-state index contributed by atoms with van der Waals surface area (Å²) < 4.78 is 151. The first-order valence-corrected chi connectivity index (χ1v) is 14.0. The van der Waals surface area contributed by atoms with Crippen LogP contribution in [-0.2, 0) is 28.6 Å². The Bertz CT molecular complexity index is 1380. The van der Waals surface area contributed by atoms with Gasteiger partial charge in [-0.25, -0.2) is 21.6 Å². The van der Waals surface area contributed by atoms with Crippen molar-refractivity contribution in [3.05, 3.63) is 58.4 Å². The van der Waals surface area contributed by atoms with Crippen molar-refractivity contribution in [2.75, 3.05) is 19.3 Å². The Morgan fingerprint density at radius 1 is 0.875 bits per heavy atom. The highest BCUT2D eigenvalue weighted by atomic mass is 32.2. The Kier molecular flexibility index (Phi) is 7.78. The van der Waals surface area contributed by atoms with E-state index in [1.54, 1.807) is 4.90 Å². The SMILES string of the molecule is CCc1c(-c2ccc(C(O)(C(F)(F)F)C(F)(F)F)cc2F)cc(F)c(CN2CC3CCC(C2)N3S(C)(=O)=O)c1F. The van der Waals surface area contributed by atoms with E-state index >= 15 is 8.78 Å².